The Morgan fingerprint density at radius 2 is 0.696 bits per heavy atom. The number of ketones is 4. The fourth-order valence-corrected chi connectivity index (χ4v) is 9.34. The zero-order valence-corrected chi connectivity index (χ0v) is 56.0. The summed E-state index contributed by atoms with van der Waals surface area (Å²) in [6.07, 6.45) is 16.0. The van der Waals surface area contributed by atoms with Crippen LogP contribution in [0.25, 0.3) is 0 Å². The summed E-state index contributed by atoms with van der Waals surface area (Å²) < 4.78 is 62.3. The van der Waals surface area contributed by atoms with Crippen molar-refractivity contribution < 1.29 is 51.3 Å². The second kappa shape index (κ2) is 35.1. The van der Waals surface area contributed by atoms with Gasteiger partial charge in [0.1, 0.15) is 98.4 Å². The molecule has 102 heavy (non-hydrogen) atoms. The van der Waals surface area contributed by atoms with Crippen LogP contribution < -0.4 is 18.9 Å². The van der Waals surface area contributed by atoms with Gasteiger partial charge in [-0.25, -0.2) is 33.1 Å². The van der Waals surface area contributed by atoms with Crippen LogP contribution in [0.5, 0.6) is 46.0 Å². The first kappa shape index (κ1) is 72.7. The molecule has 22 nitrogen and oxygen atoms in total. The number of rotatable bonds is 20. The van der Waals surface area contributed by atoms with E-state index in [0.29, 0.717) is 96.9 Å². The smallest absolute Gasteiger partial charge is 0.187 e. The van der Waals surface area contributed by atoms with E-state index in [4.69, 9.17) is 29.5 Å². The van der Waals surface area contributed by atoms with Crippen molar-refractivity contribution in [2.75, 3.05) is 0 Å². The Morgan fingerprint density at radius 1 is 0.333 bits per heavy atom. The molecule has 12 heterocycles. The minimum Gasteiger partial charge on any atom is -0.456 e. The van der Waals surface area contributed by atoms with Crippen LogP contribution >= 0.6 is 0 Å². The van der Waals surface area contributed by atoms with Crippen molar-refractivity contribution in [2.24, 2.45) is 0 Å². The first-order valence-electron chi connectivity index (χ1n) is 31.1. The van der Waals surface area contributed by atoms with Crippen LogP contribution in [0.3, 0.4) is 0 Å². The van der Waals surface area contributed by atoms with Gasteiger partial charge in [-0.05, 0) is 96.0 Å². The Kier molecular flexibility index (Phi) is 25.0. The summed E-state index contributed by atoms with van der Waals surface area (Å²) in [5.74, 6) is 0.761. The zero-order chi connectivity index (χ0) is 72.7. The first-order valence-corrected chi connectivity index (χ1v) is 31.1. The maximum Gasteiger partial charge on any atom is 0.187 e. The van der Waals surface area contributed by atoms with E-state index in [1.807, 2.05) is 69.3 Å². The number of carbonyl (C=O) groups excluding carboxylic acids is 4. The van der Waals surface area contributed by atoms with Crippen molar-refractivity contribution in [1.29, 1.82) is 10.5 Å². The lowest BCUT2D eigenvalue weighted by Crippen LogP contribution is -2.08. The van der Waals surface area contributed by atoms with Gasteiger partial charge >= 0.3 is 0 Å². The molecule has 508 valence electrons. The fraction of sp³-hybridized carbons (Fsp3) is 0.143. The largest absolute Gasteiger partial charge is 0.456 e. The van der Waals surface area contributed by atoms with Crippen LogP contribution in [0.15, 0.2) is 196 Å². The molecule has 0 fully saturated rings. The van der Waals surface area contributed by atoms with Gasteiger partial charge in [0, 0.05) is 149 Å². The average molecular weight is 1370 g/mol. The molecule has 12 aromatic rings. The van der Waals surface area contributed by atoms with Crippen molar-refractivity contribution in [3.63, 3.8) is 0 Å². The molecule has 0 spiro atoms. The molecule has 12 rings (SSSR count). The molecule has 0 aliphatic heterocycles. The number of aryl methyl sites for hydroxylation is 7. The van der Waals surface area contributed by atoms with E-state index in [1.54, 1.807) is 88.6 Å². The molecule has 0 saturated carbocycles. The van der Waals surface area contributed by atoms with Crippen LogP contribution in [0.4, 0.5) is 13.2 Å². The van der Waals surface area contributed by atoms with Gasteiger partial charge in [-0.1, -0.05) is 18.2 Å². The third-order valence-electron chi connectivity index (χ3n) is 13.9. The van der Waals surface area contributed by atoms with Gasteiger partial charge in [-0.3, -0.25) is 59.0 Å². The number of ether oxygens (including phenoxy) is 4. The van der Waals surface area contributed by atoms with Gasteiger partial charge in [0.25, 0.3) is 0 Å². The number of hydrogen-bond donors (Lipinski definition) is 0. The Labute approximate surface area is 583 Å². The van der Waals surface area contributed by atoms with Crippen LogP contribution in [0, 0.1) is 88.6 Å². The van der Waals surface area contributed by atoms with E-state index in [9.17, 15) is 32.3 Å². The van der Waals surface area contributed by atoms with Gasteiger partial charge in [0.2, 0.25) is 0 Å². The molecular formula is C77H61F3N14O8. The highest BCUT2D eigenvalue weighted by molar-refractivity contribution is 5.97. The average Bonchev–Trinajstić information content (AvgIpc) is 0.855. The third-order valence-corrected chi connectivity index (χ3v) is 13.9. The number of nitriles is 2. The lowest BCUT2D eigenvalue weighted by molar-refractivity contribution is 0.0978. The Bertz CT molecular complexity index is 5110. The summed E-state index contributed by atoms with van der Waals surface area (Å²) in [4.78, 5) is 99.2. The third kappa shape index (κ3) is 22.8. The van der Waals surface area contributed by atoms with E-state index in [1.165, 1.54) is 85.8 Å². The maximum atomic E-state index is 13.2. The molecule has 0 radical (unpaired) electrons. The quantitative estimate of drug-likeness (QED) is 0.0640. The summed E-state index contributed by atoms with van der Waals surface area (Å²) in [6, 6.07) is 37.9. The topological polar surface area (TPSA) is 307 Å². The highest BCUT2D eigenvalue weighted by Gasteiger charge is 2.18. The molecule has 0 N–H and O–H groups in total. The van der Waals surface area contributed by atoms with Crippen molar-refractivity contribution in [2.45, 2.75) is 74.1 Å². The van der Waals surface area contributed by atoms with Gasteiger partial charge in [-0.2, -0.15) is 10.5 Å². The summed E-state index contributed by atoms with van der Waals surface area (Å²) in [5.41, 5.74) is 9.63. The van der Waals surface area contributed by atoms with Crippen LogP contribution in [0.2, 0.25) is 0 Å². The number of aromatic nitrogens is 12. The van der Waals surface area contributed by atoms with Crippen LogP contribution in [0.1, 0.15) is 115 Å². The zero-order valence-electron chi connectivity index (χ0n) is 56.0. The highest BCUT2D eigenvalue weighted by atomic mass is 19.1. The van der Waals surface area contributed by atoms with Crippen molar-refractivity contribution in [3.8, 4) is 58.1 Å². The Morgan fingerprint density at radius 3 is 1.04 bits per heavy atom. The van der Waals surface area contributed by atoms with Crippen LogP contribution in [-0.4, -0.2) is 82.9 Å². The SMILES string of the molecule is Cc1cc(Oc2cncc(C#N)c2)cc(C(=O)Cc2cc(F)ccn2)n1.Cc1ccc(CC(=O)c2cc(Oc3cncc(C#N)c3)cc(C)n2)nc1.Cc1ccc(CC(=O)c2cc(Oc3cncc(F)c3)cc(C)n2)nc1.Cc1cccc(CC(=O)c2cc(Oc3cncc(F)c3)cc(C)n2)n1. The molecule has 0 amide bonds. The Hall–Kier alpha value is -13.6. The normalized spacial score (nSPS) is 10.4. The van der Waals surface area contributed by atoms with Gasteiger partial charge in [0.15, 0.2) is 23.1 Å². The molecule has 0 atom stereocenters. The molecule has 0 bridgehead atoms. The molecule has 0 aliphatic carbocycles. The summed E-state index contributed by atoms with van der Waals surface area (Å²) >= 11 is 0. The molecule has 12 aromatic heterocycles. The second-order valence-electron chi connectivity index (χ2n) is 22.7. The lowest BCUT2D eigenvalue weighted by Gasteiger charge is -2.08. The Balaban J connectivity index is 0.000000158. The molecular weight excluding hydrogens is 1310 g/mol. The van der Waals surface area contributed by atoms with E-state index in [-0.39, 0.29) is 77.4 Å². The minimum absolute atomic E-state index is 0.0703. The van der Waals surface area contributed by atoms with Gasteiger partial charge in [-0.15, -0.1) is 0 Å². The molecule has 0 aromatic carbocycles. The lowest BCUT2D eigenvalue weighted by atomic mass is 10.1. The number of Topliss-reactive ketones (excluding diaryl/α,β-unsaturated/α-hetero) is 4. The van der Waals surface area contributed by atoms with Crippen molar-refractivity contribution >= 4 is 23.1 Å². The van der Waals surface area contributed by atoms with E-state index >= 15 is 0 Å². The van der Waals surface area contributed by atoms with Crippen molar-refractivity contribution in [1.82, 2.24) is 59.8 Å². The number of carbonyl (C=O) groups is 4. The predicted molar refractivity (Wildman–Crippen MR) is 366 cm³/mol. The van der Waals surface area contributed by atoms with E-state index < -0.39 is 17.5 Å². The molecule has 0 aliphatic rings. The molecule has 0 saturated heterocycles. The maximum absolute atomic E-state index is 13.2. The summed E-state index contributed by atoms with van der Waals surface area (Å²) in [5, 5.41) is 17.9. The standard InChI is InChI=1S/C20H16N4O2.C19H13FN4O2.2C19H16FN3O2/c1-13-3-4-16(23-10-13)7-20(25)19-8-17(5-14(2)24-19)26-18-6-15(9-21)11-22-12-18;1-12-4-16(26-17-5-13(9-21)10-22-11-17)8-18(24-12)19(25)7-15-6-14(20)2-3-23-15;1-12-3-4-15(22-9-12)7-19(24)18-8-16(5-13(2)23-18)25-17-6-14(20)10-21-11-17;1-12-4-3-5-15(22-12)8-19(24)18-9-16(6-13(2)23-18)25-17-7-14(20)10-21-11-17/h3-6,8,10-12H,7H2,1-2H3;2-6,8,10-11H,7H2,1H3;3-6,8-11H,7H2,1-2H3;3-7,9-11H,8H2,1-2H3. The molecule has 25 heteroatoms. The van der Waals surface area contributed by atoms with Crippen molar-refractivity contribution in [3.05, 3.63) is 309 Å². The summed E-state index contributed by atoms with van der Waals surface area (Å²) in [7, 11) is 0. The summed E-state index contributed by atoms with van der Waals surface area (Å²) in [6.45, 7) is 12.8. The number of pyridine rings is 12. The number of nitrogens with zero attached hydrogens (tertiary/aromatic N) is 14. The van der Waals surface area contributed by atoms with Crippen LogP contribution in [-0.2, 0) is 25.7 Å². The fourth-order valence-electron chi connectivity index (χ4n) is 9.34. The minimum atomic E-state index is -0.495. The number of hydrogen-bond acceptors (Lipinski definition) is 22. The first-order chi connectivity index (χ1) is 49.0. The highest BCUT2D eigenvalue weighted by Crippen LogP contribution is 2.28. The molecule has 0 unspecified atom stereocenters. The van der Waals surface area contributed by atoms with Gasteiger partial charge < -0.3 is 18.9 Å². The number of halogens is 3. The van der Waals surface area contributed by atoms with E-state index in [0.717, 1.165) is 29.2 Å². The second-order valence-corrected chi connectivity index (χ2v) is 22.7. The monoisotopic (exact) mass is 1370 g/mol. The predicted octanol–water partition coefficient (Wildman–Crippen LogP) is 14.7. The van der Waals surface area contributed by atoms with E-state index in [2.05, 4.69) is 59.8 Å². The van der Waals surface area contributed by atoms with Gasteiger partial charge in [0.05, 0.1) is 79.7 Å².